The number of carbonyl (C=O) groups is 2. The minimum atomic E-state index is -0.0700. The van der Waals surface area contributed by atoms with Gasteiger partial charge in [-0.15, -0.1) is 0 Å². The van der Waals surface area contributed by atoms with Gasteiger partial charge in [0, 0.05) is 37.5 Å². The predicted molar refractivity (Wildman–Crippen MR) is 92.5 cm³/mol. The molecule has 0 bridgehead atoms. The molecule has 0 radical (unpaired) electrons. The van der Waals surface area contributed by atoms with Crippen LogP contribution in [-0.4, -0.2) is 60.5 Å². The van der Waals surface area contributed by atoms with E-state index in [0.717, 1.165) is 38.4 Å². The van der Waals surface area contributed by atoms with Crippen molar-refractivity contribution in [2.24, 2.45) is 11.3 Å². The first-order valence-corrected chi connectivity index (χ1v) is 9.64. The van der Waals surface area contributed by atoms with E-state index < -0.39 is 0 Å². The molecule has 136 valence electrons. The molecule has 0 aromatic carbocycles. The molecule has 5 nitrogen and oxygen atoms in total. The lowest BCUT2D eigenvalue weighted by molar-refractivity contribution is -0.135. The van der Waals surface area contributed by atoms with Crippen LogP contribution in [0.5, 0.6) is 0 Å². The smallest absolute Gasteiger partial charge is 0.248 e. The highest BCUT2D eigenvalue weighted by Gasteiger charge is 2.44. The molecule has 24 heavy (non-hydrogen) atoms. The Balaban J connectivity index is 1.56. The quantitative estimate of drug-likeness (QED) is 0.792. The summed E-state index contributed by atoms with van der Waals surface area (Å²) in [6, 6.07) is 0.184. The van der Waals surface area contributed by atoms with Gasteiger partial charge in [0.05, 0.1) is 6.61 Å². The number of hydrogen-bond donors (Lipinski definition) is 0. The van der Waals surface area contributed by atoms with Gasteiger partial charge in [0.1, 0.15) is 6.61 Å². The third-order valence-electron chi connectivity index (χ3n) is 6.12. The van der Waals surface area contributed by atoms with Gasteiger partial charge in [-0.1, -0.05) is 25.7 Å². The summed E-state index contributed by atoms with van der Waals surface area (Å²) in [6.07, 6.45) is 7.96. The van der Waals surface area contributed by atoms with Gasteiger partial charge in [-0.05, 0) is 32.6 Å². The van der Waals surface area contributed by atoms with Crippen molar-refractivity contribution in [2.45, 2.75) is 64.8 Å². The van der Waals surface area contributed by atoms with Crippen molar-refractivity contribution in [2.75, 3.05) is 32.8 Å². The Bertz CT molecular complexity index is 473. The first kappa shape index (κ1) is 17.7. The fourth-order valence-electron chi connectivity index (χ4n) is 4.58. The first-order valence-electron chi connectivity index (χ1n) is 9.64. The molecule has 1 unspecified atom stereocenters. The highest BCUT2D eigenvalue weighted by atomic mass is 16.5. The van der Waals surface area contributed by atoms with E-state index in [0.29, 0.717) is 18.9 Å². The van der Waals surface area contributed by atoms with Crippen LogP contribution in [0.3, 0.4) is 0 Å². The van der Waals surface area contributed by atoms with E-state index in [1.54, 1.807) is 0 Å². The van der Waals surface area contributed by atoms with Gasteiger partial charge in [-0.2, -0.15) is 0 Å². The maximum atomic E-state index is 12.6. The lowest BCUT2D eigenvalue weighted by Gasteiger charge is -2.34. The van der Waals surface area contributed by atoms with Crippen LogP contribution >= 0.6 is 0 Å². The van der Waals surface area contributed by atoms with Crippen molar-refractivity contribution >= 4 is 11.8 Å². The number of rotatable bonds is 4. The number of hydrogen-bond acceptors (Lipinski definition) is 3. The molecule has 1 saturated carbocycles. The minimum Gasteiger partial charge on any atom is -0.371 e. The van der Waals surface area contributed by atoms with Gasteiger partial charge < -0.3 is 14.5 Å². The summed E-state index contributed by atoms with van der Waals surface area (Å²) < 4.78 is 5.67. The van der Waals surface area contributed by atoms with Crippen LogP contribution in [0.2, 0.25) is 0 Å². The zero-order chi connectivity index (χ0) is 17.2. The highest BCUT2D eigenvalue weighted by Crippen LogP contribution is 2.35. The molecule has 1 aliphatic carbocycles. The van der Waals surface area contributed by atoms with Gasteiger partial charge >= 0.3 is 0 Å². The molecule has 2 aliphatic heterocycles. The van der Waals surface area contributed by atoms with E-state index in [2.05, 4.69) is 13.8 Å². The molecule has 0 aromatic heterocycles. The van der Waals surface area contributed by atoms with E-state index in [4.69, 9.17) is 4.74 Å². The number of likely N-dealkylation sites (tertiary alicyclic amines) is 1. The van der Waals surface area contributed by atoms with Crippen LogP contribution in [-0.2, 0) is 14.3 Å². The van der Waals surface area contributed by atoms with E-state index in [-0.39, 0.29) is 24.0 Å². The Labute approximate surface area is 145 Å². The molecule has 2 heterocycles. The fraction of sp³-hybridized carbons (Fsp3) is 0.895. The normalized spacial score (nSPS) is 29.0. The van der Waals surface area contributed by atoms with Crippen LogP contribution in [0.15, 0.2) is 0 Å². The predicted octanol–water partition coefficient (Wildman–Crippen LogP) is 2.44. The average Bonchev–Trinajstić information content (AvgIpc) is 3.16. The van der Waals surface area contributed by atoms with Gasteiger partial charge in [-0.3, -0.25) is 9.59 Å². The molecule has 2 saturated heterocycles. The zero-order valence-corrected chi connectivity index (χ0v) is 15.3. The van der Waals surface area contributed by atoms with Crippen molar-refractivity contribution in [1.29, 1.82) is 0 Å². The van der Waals surface area contributed by atoms with E-state index in [1.165, 1.54) is 25.7 Å². The van der Waals surface area contributed by atoms with Crippen molar-refractivity contribution in [1.82, 2.24) is 9.80 Å². The maximum Gasteiger partial charge on any atom is 0.248 e. The lowest BCUT2D eigenvalue weighted by Crippen LogP contribution is -2.46. The Morgan fingerprint density at radius 2 is 2.04 bits per heavy atom. The van der Waals surface area contributed by atoms with E-state index >= 15 is 0 Å². The summed E-state index contributed by atoms with van der Waals surface area (Å²) in [5.74, 6) is 1.14. The van der Waals surface area contributed by atoms with E-state index in [1.807, 2.05) is 9.80 Å². The summed E-state index contributed by atoms with van der Waals surface area (Å²) in [5, 5.41) is 0. The number of amides is 2. The van der Waals surface area contributed by atoms with Crippen LogP contribution in [0, 0.1) is 11.3 Å². The van der Waals surface area contributed by atoms with Gasteiger partial charge in [0.2, 0.25) is 11.8 Å². The Morgan fingerprint density at radius 1 is 1.29 bits per heavy atom. The topological polar surface area (TPSA) is 49.9 Å². The van der Waals surface area contributed by atoms with Crippen LogP contribution in [0.25, 0.3) is 0 Å². The zero-order valence-electron chi connectivity index (χ0n) is 15.3. The van der Waals surface area contributed by atoms with E-state index in [9.17, 15) is 9.59 Å². The molecule has 5 heteroatoms. The molecule has 0 aromatic rings. The molecule has 1 spiro atoms. The Hall–Kier alpha value is -1.10. The largest absolute Gasteiger partial charge is 0.371 e. The molecular formula is C19H32N2O3. The average molecular weight is 336 g/mol. The Kier molecular flexibility index (Phi) is 5.48. The van der Waals surface area contributed by atoms with Crippen LogP contribution in [0.1, 0.15) is 58.8 Å². The maximum absolute atomic E-state index is 12.6. The fourth-order valence-corrected chi connectivity index (χ4v) is 4.58. The minimum absolute atomic E-state index is 0.0700. The SMILES string of the molecule is CC(C)N1CC2(CCN(C(=O)CCC3CCCC3)C2)COCC1=O. The van der Waals surface area contributed by atoms with Gasteiger partial charge in [-0.25, -0.2) is 0 Å². The van der Waals surface area contributed by atoms with Crippen molar-refractivity contribution in [3.05, 3.63) is 0 Å². The monoisotopic (exact) mass is 336 g/mol. The second kappa shape index (κ2) is 7.42. The number of carbonyl (C=O) groups excluding carboxylic acids is 2. The summed E-state index contributed by atoms with van der Waals surface area (Å²) >= 11 is 0. The molecule has 0 N–H and O–H groups in total. The summed E-state index contributed by atoms with van der Waals surface area (Å²) in [4.78, 5) is 28.7. The third kappa shape index (κ3) is 3.93. The third-order valence-corrected chi connectivity index (χ3v) is 6.12. The number of nitrogens with zero attached hydrogens (tertiary/aromatic N) is 2. The first-order chi connectivity index (χ1) is 11.5. The van der Waals surface area contributed by atoms with Gasteiger partial charge in [0.15, 0.2) is 0 Å². The lowest BCUT2D eigenvalue weighted by atomic mass is 9.87. The summed E-state index contributed by atoms with van der Waals surface area (Å²) in [5.41, 5.74) is -0.0700. The Morgan fingerprint density at radius 3 is 2.75 bits per heavy atom. The summed E-state index contributed by atoms with van der Waals surface area (Å²) in [6.45, 7) is 7.15. The van der Waals surface area contributed by atoms with Crippen molar-refractivity contribution in [3.8, 4) is 0 Å². The highest BCUT2D eigenvalue weighted by molar-refractivity contribution is 5.78. The van der Waals surface area contributed by atoms with Crippen LogP contribution < -0.4 is 0 Å². The van der Waals surface area contributed by atoms with Crippen molar-refractivity contribution < 1.29 is 14.3 Å². The summed E-state index contributed by atoms with van der Waals surface area (Å²) in [7, 11) is 0. The number of ether oxygens (including phenoxy) is 1. The second-order valence-corrected chi connectivity index (χ2v) is 8.36. The van der Waals surface area contributed by atoms with Crippen LogP contribution in [0.4, 0.5) is 0 Å². The van der Waals surface area contributed by atoms with Crippen molar-refractivity contribution in [3.63, 3.8) is 0 Å². The molecule has 2 amide bonds. The molecule has 3 fully saturated rings. The van der Waals surface area contributed by atoms with Gasteiger partial charge in [0.25, 0.3) is 0 Å². The molecule has 3 aliphatic rings. The molecule has 3 rings (SSSR count). The standard InChI is InChI=1S/C19H32N2O3/c1-15(2)21-13-19(14-24-11-18(21)23)9-10-20(12-19)17(22)8-7-16-5-3-4-6-16/h15-16H,3-14H2,1-2H3. The second-order valence-electron chi connectivity index (χ2n) is 8.36. The molecule has 1 atom stereocenters. The molecular weight excluding hydrogens is 304 g/mol.